The normalized spacial score (nSPS) is 14.1. The van der Waals surface area contributed by atoms with Gasteiger partial charge in [0.2, 0.25) is 5.91 Å². The summed E-state index contributed by atoms with van der Waals surface area (Å²) in [5, 5.41) is 3.44. The number of nitrogens with zero attached hydrogens (tertiary/aromatic N) is 2. The van der Waals surface area contributed by atoms with Gasteiger partial charge >= 0.3 is 5.97 Å². The fraction of sp³-hybridized carbons (Fsp3) is 0.143. The van der Waals surface area contributed by atoms with Crippen LogP contribution < -0.4 is 10.2 Å². The fourth-order valence-corrected chi connectivity index (χ4v) is 3.44. The van der Waals surface area contributed by atoms with E-state index in [9.17, 15) is 14.4 Å². The molecule has 3 aromatic rings. The van der Waals surface area contributed by atoms with Crippen molar-refractivity contribution in [3.05, 3.63) is 65.3 Å². The van der Waals surface area contributed by atoms with Gasteiger partial charge in [-0.15, -0.1) is 0 Å². The summed E-state index contributed by atoms with van der Waals surface area (Å²) in [6, 6.07) is 15.4. The number of ether oxygens (including phenoxy) is 1. The van der Waals surface area contributed by atoms with Crippen molar-refractivity contribution in [3.8, 4) is 0 Å². The van der Waals surface area contributed by atoms with Crippen LogP contribution in [-0.4, -0.2) is 35.4 Å². The molecule has 146 valence electrons. The van der Waals surface area contributed by atoms with Crippen molar-refractivity contribution in [1.29, 1.82) is 0 Å². The monoisotopic (exact) mass is 409 g/mol. The van der Waals surface area contributed by atoms with E-state index in [0.29, 0.717) is 22.3 Å². The number of halogens is 1. The van der Waals surface area contributed by atoms with Crippen LogP contribution in [-0.2, 0) is 14.3 Å². The lowest BCUT2D eigenvalue weighted by molar-refractivity contribution is -0.128. The molecule has 0 saturated carbocycles. The Balaban J connectivity index is 1.59. The average Bonchev–Trinajstić information content (AvgIpc) is 2.71. The Labute approximate surface area is 171 Å². The number of fused-ring (bicyclic) bond motifs is 2. The van der Waals surface area contributed by atoms with Crippen LogP contribution in [0.4, 0.5) is 11.4 Å². The number of rotatable bonds is 3. The molecule has 29 heavy (non-hydrogen) atoms. The van der Waals surface area contributed by atoms with Crippen LogP contribution >= 0.6 is 11.6 Å². The Bertz CT molecular complexity index is 1150. The van der Waals surface area contributed by atoms with Gasteiger partial charge in [-0.05, 0) is 31.2 Å². The zero-order valence-corrected chi connectivity index (χ0v) is 16.1. The van der Waals surface area contributed by atoms with Gasteiger partial charge in [-0.1, -0.05) is 41.9 Å². The van der Waals surface area contributed by atoms with E-state index in [0.717, 1.165) is 0 Å². The minimum atomic E-state index is -1.10. The number of carbonyl (C=O) groups excluding carboxylic acids is 3. The Kier molecular flexibility index (Phi) is 4.90. The van der Waals surface area contributed by atoms with Gasteiger partial charge in [0, 0.05) is 5.39 Å². The third-order valence-corrected chi connectivity index (χ3v) is 4.77. The number of aromatic nitrogens is 1. The first kappa shape index (κ1) is 18.9. The summed E-state index contributed by atoms with van der Waals surface area (Å²) in [4.78, 5) is 43.1. The molecule has 1 aromatic heterocycles. The molecule has 0 aliphatic carbocycles. The minimum absolute atomic E-state index is 0.149. The van der Waals surface area contributed by atoms with Gasteiger partial charge in [-0.2, -0.15) is 0 Å². The standard InChI is InChI=1S/C21H16ClN3O4/c1-12(20(27)25-11-19(26)24-16-8-4-5-9-17(16)25)29-21(28)14-10-18(22)23-15-7-3-2-6-13(14)15/h2-10,12H,11H2,1H3,(H,24,26)/t12-/m1/s1. The van der Waals surface area contributed by atoms with Gasteiger partial charge in [0.05, 0.1) is 22.5 Å². The van der Waals surface area contributed by atoms with Crippen LogP contribution in [0, 0.1) is 0 Å². The molecule has 0 bridgehead atoms. The molecule has 8 heteroatoms. The number of nitrogens with one attached hydrogen (secondary N) is 1. The molecule has 1 aliphatic rings. The molecule has 0 unspecified atom stereocenters. The summed E-state index contributed by atoms with van der Waals surface area (Å²) < 4.78 is 5.42. The number of hydrogen-bond donors (Lipinski definition) is 1. The topological polar surface area (TPSA) is 88.6 Å². The van der Waals surface area contributed by atoms with Crippen LogP contribution in [0.2, 0.25) is 5.15 Å². The molecule has 7 nitrogen and oxygen atoms in total. The molecule has 2 amide bonds. The van der Waals surface area contributed by atoms with E-state index in [1.807, 2.05) is 0 Å². The maximum absolute atomic E-state index is 12.9. The van der Waals surface area contributed by atoms with Crippen LogP contribution in [0.25, 0.3) is 10.9 Å². The summed E-state index contributed by atoms with van der Waals surface area (Å²) >= 11 is 6.02. The van der Waals surface area contributed by atoms with E-state index >= 15 is 0 Å². The van der Waals surface area contributed by atoms with Crippen molar-refractivity contribution >= 4 is 51.7 Å². The summed E-state index contributed by atoms with van der Waals surface area (Å²) in [6.45, 7) is 1.32. The van der Waals surface area contributed by atoms with E-state index in [1.54, 1.807) is 48.5 Å². The largest absolute Gasteiger partial charge is 0.449 e. The van der Waals surface area contributed by atoms with Gasteiger partial charge in [0.15, 0.2) is 6.10 Å². The highest BCUT2D eigenvalue weighted by Gasteiger charge is 2.31. The zero-order valence-electron chi connectivity index (χ0n) is 15.4. The van der Waals surface area contributed by atoms with E-state index in [4.69, 9.17) is 16.3 Å². The number of hydrogen-bond acceptors (Lipinski definition) is 5. The molecule has 0 fully saturated rings. The third kappa shape index (κ3) is 3.64. The molecule has 2 aromatic carbocycles. The Hall–Kier alpha value is -3.45. The van der Waals surface area contributed by atoms with Crippen LogP contribution in [0.15, 0.2) is 54.6 Å². The van der Waals surface area contributed by atoms with Crippen molar-refractivity contribution < 1.29 is 19.1 Å². The number of carbonyl (C=O) groups is 3. The summed E-state index contributed by atoms with van der Waals surface area (Å²) in [5.41, 5.74) is 1.85. The van der Waals surface area contributed by atoms with Gasteiger partial charge in [-0.3, -0.25) is 14.5 Å². The fourth-order valence-electron chi connectivity index (χ4n) is 3.24. The first-order valence-electron chi connectivity index (χ1n) is 8.90. The van der Waals surface area contributed by atoms with Crippen molar-refractivity contribution in [2.45, 2.75) is 13.0 Å². The molecule has 1 aliphatic heterocycles. The van der Waals surface area contributed by atoms with E-state index in [2.05, 4.69) is 10.3 Å². The van der Waals surface area contributed by atoms with Crippen LogP contribution in [0.5, 0.6) is 0 Å². The van der Waals surface area contributed by atoms with E-state index < -0.39 is 18.0 Å². The molecule has 4 rings (SSSR count). The first-order valence-corrected chi connectivity index (χ1v) is 9.28. The summed E-state index contributed by atoms with van der Waals surface area (Å²) in [6.07, 6.45) is -1.10. The first-order chi connectivity index (χ1) is 13.9. The lowest BCUT2D eigenvalue weighted by atomic mass is 10.1. The average molecular weight is 410 g/mol. The van der Waals surface area contributed by atoms with Crippen molar-refractivity contribution in [1.82, 2.24) is 4.98 Å². The SMILES string of the molecule is C[C@@H](OC(=O)c1cc(Cl)nc2ccccc12)C(=O)N1CC(=O)Nc2ccccc21. The van der Waals surface area contributed by atoms with E-state index in [1.165, 1.54) is 17.9 Å². The number of pyridine rings is 1. The van der Waals surface area contributed by atoms with E-state index in [-0.39, 0.29) is 23.2 Å². The van der Waals surface area contributed by atoms with Gasteiger partial charge in [0.1, 0.15) is 11.7 Å². The highest BCUT2D eigenvalue weighted by atomic mass is 35.5. The number of esters is 1. The molecule has 2 heterocycles. The minimum Gasteiger partial charge on any atom is -0.449 e. The maximum atomic E-state index is 12.9. The molecule has 0 spiro atoms. The number of benzene rings is 2. The number of anilines is 2. The predicted octanol–water partition coefficient (Wildman–Crippen LogP) is 3.42. The lowest BCUT2D eigenvalue weighted by Gasteiger charge is -2.30. The molecular weight excluding hydrogens is 394 g/mol. The Morgan fingerprint density at radius 2 is 1.90 bits per heavy atom. The van der Waals surface area contributed by atoms with Crippen molar-refractivity contribution in [2.75, 3.05) is 16.8 Å². The van der Waals surface area contributed by atoms with Crippen LogP contribution in [0.3, 0.4) is 0 Å². The zero-order chi connectivity index (χ0) is 20.5. The molecular formula is C21H16ClN3O4. The second-order valence-electron chi connectivity index (χ2n) is 6.55. The smallest absolute Gasteiger partial charge is 0.339 e. The lowest BCUT2D eigenvalue weighted by Crippen LogP contribution is -2.47. The second kappa shape index (κ2) is 7.52. The van der Waals surface area contributed by atoms with Crippen molar-refractivity contribution in [2.24, 2.45) is 0 Å². The number of para-hydroxylation sites is 3. The summed E-state index contributed by atoms with van der Waals surface area (Å²) in [7, 11) is 0. The maximum Gasteiger partial charge on any atom is 0.339 e. The van der Waals surface area contributed by atoms with Crippen molar-refractivity contribution in [3.63, 3.8) is 0 Å². The van der Waals surface area contributed by atoms with Gasteiger partial charge < -0.3 is 10.1 Å². The predicted molar refractivity (Wildman–Crippen MR) is 109 cm³/mol. The molecule has 0 radical (unpaired) electrons. The highest BCUT2D eigenvalue weighted by molar-refractivity contribution is 6.30. The van der Waals surface area contributed by atoms with Gasteiger partial charge in [0.25, 0.3) is 5.91 Å². The molecule has 0 saturated heterocycles. The molecule has 1 atom stereocenters. The highest BCUT2D eigenvalue weighted by Crippen LogP contribution is 2.30. The Morgan fingerprint density at radius 3 is 2.72 bits per heavy atom. The number of amides is 2. The quantitative estimate of drug-likeness (QED) is 0.529. The Morgan fingerprint density at radius 1 is 1.17 bits per heavy atom. The summed E-state index contributed by atoms with van der Waals surface area (Å²) in [5.74, 6) is -1.51. The second-order valence-corrected chi connectivity index (χ2v) is 6.93. The van der Waals surface area contributed by atoms with Crippen LogP contribution in [0.1, 0.15) is 17.3 Å². The molecule has 1 N–H and O–H groups in total. The van der Waals surface area contributed by atoms with Gasteiger partial charge in [-0.25, -0.2) is 9.78 Å². The third-order valence-electron chi connectivity index (χ3n) is 4.57.